The Hall–Kier alpha value is -4.59. The minimum atomic E-state index is -0.578. The van der Waals surface area contributed by atoms with Gasteiger partial charge in [0.05, 0.1) is 7.11 Å². The SMILES string of the molecule is COC(=O)Nc1cccc(C(=O)N2CCC(c3ccc(NC(=O)c4oc5ccccc5c4C)cc3)CC2)c1. The Morgan fingerprint density at radius 3 is 2.34 bits per heavy atom. The van der Waals surface area contributed by atoms with Crippen LogP contribution in [0.1, 0.15) is 50.8 Å². The van der Waals surface area contributed by atoms with Crippen molar-refractivity contribution in [3.8, 4) is 0 Å². The summed E-state index contributed by atoms with van der Waals surface area (Å²) in [5.74, 6) is 0.313. The van der Waals surface area contributed by atoms with Gasteiger partial charge in [0, 0.05) is 41.0 Å². The molecule has 4 aromatic rings. The van der Waals surface area contributed by atoms with Crippen LogP contribution in [0.3, 0.4) is 0 Å². The highest BCUT2D eigenvalue weighted by atomic mass is 16.5. The zero-order chi connectivity index (χ0) is 26.6. The lowest BCUT2D eigenvalue weighted by Crippen LogP contribution is -2.37. The van der Waals surface area contributed by atoms with Crippen molar-refractivity contribution < 1.29 is 23.5 Å². The molecule has 0 unspecified atom stereocenters. The summed E-state index contributed by atoms with van der Waals surface area (Å²) >= 11 is 0. The number of nitrogens with one attached hydrogen (secondary N) is 2. The minimum absolute atomic E-state index is 0.0593. The van der Waals surface area contributed by atoms with Crippen LogP contribution < -0.4 is 10.6 Å². The molecule has 8 heteroatoms. The van der Waals surface area contributed by atoms with Crippen LogP contribution >= 0.6 is 0 Å². The van der Waals surface area contributed by atoms with E-state index in [1.54, 1.807) is 24.3 Å². The molecular weight excluding hydrogens is 482 g/mol. The third kappa shape index (κ3) is 5.25. The Morgan fingerprint density at radius 1 is 0.895 bits per heavy atom. The summed E-state index contributed by atoms with van der Waals surface area (Å²) in [6, 6.07) is 22.3. The molecule has 0 aliphatic carbocycles. The number of methoxy groups -OCH3 is 1. The highest BCUT2D eigenvalue weighted by Gasteiger charge is 2.25. The first-order valence-corrected chi connectivity index (χ1v) is 12.6. The number of ether oxygens (including phenoxy) is 1. The molecule has 1 aromatic heterocycles. The largest absolute Gasteiger partial charge is 0.453 e. The maximum absolute atomic E-state index is 13.0. The van der Waals surface area contributed by atoms with E-state index in [0.29, 0.717) is 47.3 Å². The van der Waals surface area contributed by atoms with Gasteiger partial charge in [0.2, 0.25) is 0 Å². The van der Waals surface area contributed by atoms with E-state index in [2.05, 4.69) is 15.4 Å². The topological polar surface area (TPSA) is 101 Å². The zero-order valence-corrected chi connectivity index (χ0v) is 21.3. The average molecular weight is 512 g/mol. The maximum Gasteiger partial charge on any atom is 0.411 e. The van der Waals surface area contributed by atoms with Crippen LogP contribution in [0.2, 0.25) is 0 Å². The summed E-state index contributed by atoms with van der Waals surface area (Å²) in [6.45, 7) is 3.17. The van der Waals surface area contributed by atoms with Crippen LogP contribution in [0, 0.1) is 6.92 Å². The van der Waals surface area contributed by atoms with Crippen LogP contribution in [0.25, 0.3) is 11.0 Å². The number of piperidine rings is 1. The Labute approximate surface area is 220 Å². The Morgan fingerprint density at radius 2 is 1.63 bits per heavy atom. The molecule has 0 bridgehead atoms. The van der Waals surface area contributed by atoms with Crippen molar-refractivity contribution in [2.45, 2.75) is 25.7 Å². The molecule has 8 nitrogen and oxygen atoms in total. The molecule has 5 rings (SSSR count). The molecule has 1 fully saturated rings. The van der Waals surface area contributed by atoms with Gasteiger partial charge in [-0.05, 0) is 67.6 Å². The second-order valence-corrected chi connectivity index (χ2v) is 9.39. The highest BCUT2D eigenvalue weighted by molar-refractivity contribution is 6.06. The number of hydrogen-bond acceptors (Lipinski definition) is 5. The number of carbonyl (C=O) groups is 3. The fourth-order valence-corrected chi connectivity index (χ4v) is 4.91. The Bertz CT molecular complexity index is 1480. The van der Waals surface area contributed by atoms with Gasteiger partial charge >= 0.3 is 6.09 Å². The standard InChI is InChI=1S/C30H29N3O5/c1-19-25-8-3-4-9-26(25)38-27(19)28(34)31-23-12-10-20(11-13-23)21-14-16-33(17-15-21)29(35)22-6-5-7-24(18-22)32-30(36)37-2/h3-13,18,21H,14-17H2,1-2H3,(H,31,34)(H,32,36). The van der Waals surface area contributed by atoms with Gasteiger partial charge in [-0.3, -0.25) is 14.9 Å². The molecule has 1 aliphatic rings. The molecule has 0 spiro atoms. The second kappa shape index (κ2) is 10.8. The number of furan rings is 1. The Balaban J connectivity index is 1.18. The van der Waals surface area contributed by atoms with E-state index in [1.807, 2.05) is 60.4 Å². The Kier molecular flexibility index (Phi) is 7.13. The first-order valence-electron chi connectivity index (χ1n) is 12.6. The van der Waals surface area contributed by atoms with Crippen molar-refractivity contribution in [3.05, 3.63) is 95.2 Å². The highest BCUT2D eigenvalue weighted by Crippen LogP contribution is 2.30. The zero-order valence-electron chi connectivity index (χ0n) is 21.3. The minimum Gasteiger partial charge on any atom is -0.453 e. The first kappa shape index (κ1) is 25.1. The van der Waals surface area contributed by atoms with Gasteiger partial charge in [-0.2, -0.15) is 0 Å². The molecule has 3 amide bonds. The number of para-hydroxylation sites is 1. The molecule has 0 radical (unpaired) electrons. The number of rotatable bonds is 5. The van der Waals surface area contributed by atoms with Crippen molar-refractivity contribution in [1.29, 1.82) is 0 Å². The fourth-order valence-electron chi connectivity index (χ4n) is 4.91. The first-order chi connectivity index (χ1) is 18.4. The van der Waals surface area contributed by atoms with E-state index in [4.69, 9.17) is 4.42 Å². The summed E-state index contributed by atoms with van der Waals surface area (Å²) in [6.07, 6.45) is 1.11. The van der Waals surface area contributed by atoms with E-state index >= 15 is 0 Å². The summed E-state index contributed by atoms with van der Waals surface area (Å²) in [5, 5.41) is 6.45. The molecule has 0 atom stereocenters. The number of nitrogens with zero attached hydrogens (tertiary/aromatic N) is 1. The molecular formula is C30H29N3O5. The van der Waals surface area contributed by atoms with Gasteiger partial charge in [-0.1, -0.05) is 36.4 Å². The number of fused-ring (bicyclic) bond motifs is 1. The van der Waals surface area contributed by atoms with Crippen LogP contribution in [-0.4, -0.2) is 43.0 Å². The maximum atomic E-state index is 13.0. The van der Waals surface area contributed by atoms with E-state index in [-0.39, 0.29) is 11.8 Å². The number of aryl methyl sites for hydroxylation is 1. The van der Waals surface area contributed by atoms with E-state index in [0.717, 1.165) is 23.8 Å². The number of anilines is 2. The molecule has 3 aromatic carbocycles. The molecule has 194 valence electrons. The number of likely N-dealkylation sites (tertiary alicyclic amines) is 1. The lowest BCUT2D eigenvalue weighted by molar-refractivity contribution is 0.0713. The fraction of sp³-hybridized carbons (Fsp3) is 0.233. The van der Waals surface area contributed by atoms with Gasteiger partial charge in [-0.15, -0.1) is 0 Å². The molecule has 2 N–H and O–H groups in total. The van der Waals surface area contributed by atoms with Gasteiger partial charge in [0.15, 0.2) is 5.76 Å². The predicted octanol–water partition coefficient (Wildman–Crippen LogP) is 6.19. The molecule has 1 saturated heterocycles. The van der Waals surface area contributed by atoms with Crippen LogP contribution in [0.5, 0.6) is 0 Å². The lowest BCUT2D eigenvalue weighted by atomic mass is 9.89. The molecule has 0 saturated carbocycles. The second-order valence-electron chi connectivity index (χ2n) is 9.39. The quantitative estimate of drug-likeness (QED) is 0.333. The van der Waals surface area contributed by atoms with Crippen LogP contribution in [-0.2, 0) is 4.74 Å². The van der Waals surface area contributed by atoms with E-state index in [1.165, 1.54) is 12.7 Å². The smallest absolute Gasteiger partial charge is 0.411 e. The predicted molar refractivity (Wildman–Crippen MR) is 146 cm³/mol. The lowest BCUT2D eigenvalue weighted by Gasteiger charge is -2.32. The van der Waals surface area contributed by atoms with Crippen molar-refractivity contribution in [1.82, 2.24) is 4.90 Å². The van der Waals surface area contributed by atoms with Crippen LogP contribution in [0.4, 0.5) is 16.2 Å². The summed E-state index contributed by atoms with van der Waals surface area (Å²) < 4.78 is 10.4. The van der Waals surface area contributed by atoms with Gasteiger partial charge in [0.25, 0.3) is 11.8 Å². The van der Waals surface area contributed by atoms with Gasteiger partial charge in [-0.25, -0.2) is 4.79 Å². The third-order valence-electron chi connectivity index (χ3n) is 7.01. The average Bonchev–Trinajstić information content (AvgIpc) is 3.30. The van der Waals surface area contributed by atoms with Gasteiger partial charge < -0.3 is 19.4 Å². The summed E-state index contributed by atoms with van der Waals surface area (Å²) in [5.41, 5.74) is 4.44. The monoisotopic (exact) mass is 511 g/mol. The number of carbonyl (C=O) groups excluding carboxylic acids is 3. The molecule has 2 heterocycles. The number of amides is 3. The van der Waals surface area contributed by atoms with E-state index in [9.17, 15) is 14.4 Å². The van der Waals surface area contributed by atoms with Crippen molar-refractivity contribution in [2.75, 3.05) is 30.8 Å². The van der Waals surface area contributed by atoms with E-state index < -0.39 is 6.09 Å². The third-order valence-corrected chi connectivity index (χ3v) is 7.01. The normalized spacial score (nSPS) is 13.8. The number of benzene rings is 3. The van der Waals surface area contributed by atoms with Crippen LogP contribution in [0.15, 0.2) is 77.2 Å². The summed E-state index contributed by atoms with van der Waals surface area (Å²) in [4.78, 5) is 39.2. The van der Waals surface area contributed by atoms with Crippen molar-refractivity contribution in [2.24, 2.45) is 0 Å². The molecule has 38 heavy (non-hydrogen) atoms. The van der Waals surface area contributed by atoms with Crippen molar-refractivity contribution >= 4 is 40.3 Å². The molecule has 1 aliphatic heterocycles. The summed E-state index contributed by atoms with van der Waals surface area (Å²) in [7, 11) is 1.29. The van der Waals surface area contributed by atoms with Gasteiger partial charge in [0.1, 0.15) is 5.58 Å². The van der Waals surface area contributed by atoms with Crippen molar-refractivity contribution in [3.63, 3.8) is 0 Å². The number of hydrogen-bond donors (Lipinski definition) is 2.